The quantitative estimate of drug-likeness (QED) is 0.902. The normalized spacial score (nSPS) is 12.6. The number of aromatic nitrogens is 2. The number of aryl methyl sites for hydroxylation is 2. The Morgan fingerprint density at radius 3 is 2.71 bits per heavy atom. The van der Waals surface area contributed by atoms with Crippen molar-refractivity contribution in [2.75, 3.05) is 0 Å². The molecule has 0 fully saturated rings. The minimum absolute atomic E-state index is 0.274. The lowest BCUT2D eigenvalue weighted by Gasteiger charge is -2.10. The van der Waals surface area contributed by atoms with Gasteiger partial charge in [-0.2, -0.15) is 0 Å². The summed E-state index contributed by atoms with van der Waals surface area (Å²) < 4.78 is 0. The Balaban J connectivity index is 1.94. The average Bonchev–Trinajstić information content (AvgIpc) is 2.73. The first-order valence-corrected chi connectivity index (χ1v) is 6.61. The van der Waals surface area contributed by atoms with Gasteiger partial charge in [-0.1, -0.05) is 6.07 Å². The Morgan fingerprint density at radius 2 is 2.06 bits per heavy atom. The molecule has 1 N–H and O–H groups in total. The molecule has 3 nitrogen and oxygen atoms in total. The van der Waals surface area contributed by atoms with Crippen molar-refractivity contribution < 1.29 is 0 Å². The van der Waals surface area contributed by atoms with Crippen molar-refractivity contribution in [3.63, 3.8) is 0 Å². The lowest BCUT2D eigenvalue weighted by atomic mass is 10.3. The van der Waals surface area contributed by atoms with Crippen molar-refractivity contribution in [3.05, 3.63) is 45.7 Å². The summed E-state index contributed by atoms with van der Waals surface area (Å²) in [5.74, 6) is 0. The number of rotatable bonds is 4. The molecule has 2 aromatic rings. The van der Waals surface area contributed by atoms with Crippen molar-refractivity contribution in [3.8, 4) is 0 Å². The molecule has 0 aliphatic heterocycles. The van der Waals surface area contributed by atoms with Gasteiger partial charge in [0.1, 0.15) is 5.01 Å². The van der Waals surface area contributed by atoms with Crippen LogP contribution in [0.25, 0.3) is 0 Å². The molecule has 0 saturated carbocycles. The number of nitrogens with one attached hydrogen (secondary N) is 1. The highest BCUT2D eigenvalue weighted by Gasteiger charge is 2.08. The van der Waals surface area contributed by atoms with Gasteiger partial charge < -0.3 is 5.32 Å². The Hall–Kier alpha value is -1.26. The predicted molar refractivity (Wildman–Crippen MR) is 71.1 cm³/mol. The van der Waals surface area contributed by atoms with Gasteiger partial charge in [0.2, 0.25) is 0 Å². The van der Waals surface area contributed by atoms with Crippen LogP contribution in [-0.4, -0.2) is 9.97 Å². The smallest absolute Gasteiger partial charge is 0.110 e. The first-order valence-electron chi connectivity index (χ1n) is 5.73. The molecule has 2 rings (SSSR count). The molecule has 17 heavy (non-hydrogen) atoms. The monoisotopic (exact) mass is 247 g/mol. The van der Waals surface area contributed by atoms with Crippen molar-refractivity contribution in [1.29, 1.82) is 0 Å². The second kappa shape index (κ2) is 5.38. The van der Waals surface area contributed by atoms with E-state index in [1.54, 1.807) is 11.3 Å². The SMILES string of the molecule is Cc1cccc(CNC(C)c2nc(C)cs2)n1. The van der Waals surface area contributed by atoms with Crippen LogP contribution in [0.2, 0.25) is 0 Å². The van der Waals surface area contributed by atoms with Gasteiger partial charge in [-0.25, -0.2) is 4.98 Å². The molecule has 0 spiro atoms. The van der Waals surface area contributed by atoms with Crippen LogP contribution in [0.15, 0.2) is 23.6 Å². The van der Waals surface area contributed by atoms with Gasteiger partial charge in [0.05, 0.1) is 11.7 Å². The highest BCUT2D eigenvalue weighted by Crippen LogP contribution is 2.17. The molecule has 0 amide bonds. The van der Waals surface area contributed by atoms with Crippen LogP contribution in [0.1, 0.15) is 35.1 Å². The van der Waals surface area contributed by atoms with E-state index in [2.05, 4.69) is 27.6 Å². The first-order chi connectivity index (χ1) is 8.15. The van der Waals surface area contributed by atoms with Gasteiger partial charge in [-0.05, 0) is 32.9 Å². The first kappa shape index (κ1) is 12.2. The van der Waals surface area contributed by atoms with E-state index < -0.39 is 0 Å². The van der Waals surface area contributed by atoms with E-state index in [-0.39, 0.29) is 6.04 Å². The second-order valence-corrected chi connectivity index (χ2v) is 5.09. The van der Waals surface area contributed by atoms with E-state index in [4.69, 9.17) is 0 Å². The maximum atomic E-state index is 4.48. The molecule has 0 aliphatic carbocycles. The molecule has 4 heteroatoms. The minimum atomic E-state index is 0.274. The Kier molecular flexibility index (Phi) is 3.86. The largest absolute Gasteiger partial charge is 0.302 e. The maximum absolute atomic E-state index is 4.48. The molecule has 0 saturated heterocycles. The zero-order valence-electron chi connectivity index (χ0n) is 10.4. The fourth-order valence-electron chi connectivity index (χ4n) is 1.61. The Morgan fingerprint density at radius 1 is 1.24 bits per heavy atom. The van der Waals surface area contributed by atoms with Crippen molar-refractivity contribution in [1.82, 2.24) is 15.3 Å². The molecule has 90 valence electrons. The summed E-state index contributed by atoms with van der Waals surface area (Å²) in [5, 5.41) is 6.66. The lowest BCUT2D eigenvalue weighted by molar-refractivity contribution is 0.564. The number of pyridine rings is 1. The zero-order chi connectivity index (χ0) is 12.3. The molecule has 1 atom stereocenters. The summed E-state index contributed by atoms with van der Waals surface area (Å²) in [7, 11) is 0. The number of hydrogen-bond donors (Lipinski definition) is 1. The lowest BCUT2D eigenvalue weighted by Crippen LogP contribution is -2.18. The van der Waals surface area contributed by atoms with Crippen molar-refractivity contribution in [2.45, 2.75) is 33.4 Å². The summed E-state index contributed by atoms with van der Waals surface area (Å²) in [6, 6.07) is 6.37. The van der Waals surface area contributed by atoms with E-state index in [9.17, 15) is 0 Å². The van der Waals surface area contributed by atoms with E-state index in [1.807, 2.05) is 32.0 Å². The summed E-state index contributed by atoms with van der Waals surface area (Å²) in [6.45, 7) is 6.95. The Labute approximate surface area is 106 Å². The van der Waals surface area contributed by atoms with E-state index in [1.165, 1.54) is 0 Å². The highest BCUT2D eigenvalue weighted by atomic mass is 32.1. The molecule has 0 bridgehead atoms. The third kappa shape index (κ3) is 3.35. The molecular formula is C13H17N3S. The van der Waals surface area contributed by atoms with Crippen LogP contribution in [0.3, 0.4) is 0 Å². The summed E-state index contributed by atoms with van der Waals surface area (Å²) in [5.41, 5.74) is 3.22. The highest BCUT2D eigenvalue weighted by molar-refractivity contribution is 7.09. The maximum Gasteiger partial charge on any atom is 0.110 e. The molecule has 0 aromatic carbocycles. The van der Waals surface area contributed by atoms with Crippen molar-refractivity contribution in [2.24, 2.45) is 0 Å². The number of thiazole rings is 1. The van der Waals surface area contributed by atoms with Crippen molar-refractivity contribution >= 4 is 11.3 Å². The van der Waals surface area contributed by atoms with Gasteiger partial charge in [-0.15, -0.1) is 11.3 Å². The molecule has 2 aromatic heterocycles. The van der Waals surface area contributed by atoms with Crippen LogP contribution < -0.4 is 5.32 Å². The molecule has 1 unspecified atom stereocenters. The fourth-order valence-corrected chi connectivity index (χ4v) is 2.44. The third-order valence-corrected chi connectivity index (χ3v) is 3.69. The number of hydrogen-bond acceptors (Lipinski definition) is 4. The zero-order valence-corrected chi connectivity index (χ0v) is 11.2. The molecular weight excluding hydrogens is 230 g/mol. The van der Waals surface area contributed by atoms with Gasteiger partial charge >= 0.3 is 0 Å². The minimum Gasteiger partial charge on any atom is -0.302 e. The Bertz CT molecular complexity index is 493. The summed E-state index contributed by atoms with van der Waals surface area (Å²) in [6.07, 6.45) is 0. The summed E-state index contributed by atoms with van der Waals surface area (Å²) in [4.78, 5) is 8.94. The van der Waals surface area contributed by atoms with Crippen LogP contribution in [0.4, 0.5) is 0 Å². The topological polar surface area (TPSA) is 37.8 Å². The third-order valence-electron chi connectivity index (χ3n) is 2.54. The summed E-state index contributed by atoms with van der Waals surface area (Å²) >= 11 is 1.70. The standard InChI is InChI=1S/C13H17N3S/c1-9-5-4-6-12(15-9)7-14-11(3)13-16-10(2)8-17-13/h4-6,8,11,14H,7H2,1-3H3. The number of nitrogens with zero attached hydrogens (tertiary/aromatic N) is 2. The average molecular weight is 247 g/mol. The fraction of sp³-hybridized carbons (Fsp3) is 0.385. The predicted octanol–water partition coefficient (Wildman–Crippen LogP) is 3.01. The van der Waals surface area contributed by atoms with Gasteiger partial charge in [0, 0.05) is 23.3 Å². The van der Waals surface area contributed by atoms with Gasteiger partial charge in [0.25, 0.3) is 0 Å². The molecule has 0 radical (unpaired) electrons. The van der Waals surface area contributed by atoms with E-state index in [0.717, 1.165) is 28.6 Å². The molecule has 2 heterocycles. The van der Waals surface area contributed by atoms with Crippen LogP contribution in [0, 0.1) is 13.8 Å². The van der Waals surface area contributed by atoms with E-state index in [0.29, 0.717) is 0 Å². The van der Waals surface area contributed by atoms with E-state index >= 15 is 0 Å². The molecule has 0 aliphatic rings. The van der Waals surface area contributed by atoms with Crippen LogP contribution >= 0.6 is 11.3 Å². The van der Waals surface area contributed by atoms with Crippen LogP contribution in [-0.2, 0) is 6.54 Å². The van der Waals surface area contributed by atoms with Gasteiger partial charge in [-0.3, -0.25) is 4.98 Å². The van der Waals surface area contributed by atoms with Gasteiger partial charge in [0.15, 0.2) is 0 Å². The van der Waals surface area contributed by atoms with Crippen LogP contribution in [0.5, 0.6) is 0 Å². The second-order valence-electron chi connectivity index (χ2n) is 4.20.